The molecule has 30 heavy (non-hydrogen) atoms. The molecule has 0 spiro atoms. The van der Waals surface area contributed by atoms with E-state index in [0.717, 1.165) is 11.6 Å². The molecule has 2 aliphatic heterocycles. The largest absolute Gasteiger partial charge is 0.454 e. The molecule has 1 fully saturated rings. The lowest BCUT2D eigenvalue weighted by Crippen LogP contribution is -2.40. The summed E-state index contributed by atoms with van der Waals surface area (Å²) in [7, 11) is 3.28. The van der Waals surface area contributed by atoms with Crippen LogP contribution in [-0.2, 0) is 16.3 Å². The summed E-state index contributed by atoms with van der Waals surface area (Å²) in [4.78, 5) is 9.46. The van der Waals surface area contributed by atoms with Gasteiger partial charge in [-0.15, -0.1) is 0 Å². The summed E-state index contributed by atoms with van der Waals surface area (Å²) in [5.41, 5.74) is -0.315. The number of nitrogens with zero attached hydrogens (tertiary/aromatic N) is 3. The highest BCUT2D eigenvalue weighted by Crippen LogP contribution is 2.41. The fraction of sp³-hybridized carbons (Fsp3) is 0.500. The first-order valence-corrected chi connectivity index (χ1v) is 9.62. The van der Waals surface area contributed by atoms with E-state index in [9.17, 15) is 13.2 Å². The zero-order valence-corrected chi connectivity index (χ0v) is 16.8. The van der Waals surface area contributed by atoms with Crippen LogP contribution in [0, 0.1) is 0 Å². The smallest absolute Gasteiger partial charge is 0.433 e. The molecule has 0 aliphatic carbocycles. The Morgan fingerprint density at radius 2 is 1.80 bits per heavy atom. The standard InChI is InChI=1S/C20H23F3N4O3/c1-27(2)17-10-16(20(21,22)23)25-18(26-17)24-11-19(5-7-28-8-6-19)13-3-4-14-15(9-13)30-12-29-14/h3-4,9-10H,5-8,11-12H2,1-2H3,(H,24,25,26). The van der Waals surface area contributed by atoms with Crippen LogP contribution < -0.4 is 19.7 Å². The minimum absolute atomic E-state index is 0.0554. The van der Waals surface area contributed by atoms with Gasteiger partial charge in [0.25, 0.3) is 0 Å². The first kappa shape index (κ1) is 20.5. The van der Waals surface area contributed by atoms with Gasteiger partial charge in [0.1, 0.15) is 5.82 Å². The van der Waals surface area contributed by atoms with Crippen LogP contribution in [0.2, 0.25) is 0 Å². The molecule has 0 saturated carbocycles. The highest BCUT2D eigenvalue weighted by Gasteiger charge is 2.37. The number of fused-ring (bicyclic) bond motifs is 1. The first-order valence-electron chi connectivity index (χ1n) is 9.62. The number of hydrogen-bond donors (Lipinski definition) is 1. The average molecular weight is 424 g/mol. The van der Waals surface area contributed by atoms with Gasteiger partial charge in [0.05, 0.1) is 0 Å². The van der Waals surface area contributed by atoms with Gasteiger partial charge in [0, 0.05) is 45.3 Å². The lowest BCUT2D eigenvalue weighted by Gasteiger charge is -2.38. The molecule has 1 aromatic heterocycles. The van der Waals surface area contributed by atoms with Crippen molar-refractivity contribution in [1.82, 2.24) is 9.97 Å². The van der Waals surface area contributed by atoms with Gasteiger partial charge >= 0.3 is 6.18 Å². The molecule has 0 bridgehead atoms. The average Bonchev–Trinajstić information content (AvgIpc) is 3.20. The summed E-state index contributed by atoms with van der Waals surface area (Å²) in [6.07, 6.45) is -3.14. The first-order chi connectivity index (χ1) is 14.3. The maximum absolute atomic E-state index is 13.3. The quantitative estimate of drug-likeness (QED) is 0.789. The van der Waals surface area contributed by atoms with Crippen LogP contribution in [-0.4, -0.2) is 50.6 Å². The Morgan fingerprint density at radius 1 is 1.07 bits per heavy atom. The number of alkyl halides is 3. The Kier molecular flexibility index (Phi) is 5.35. The molecule has 0 unspecified atom stereocenters. The number of aromatic nitrogens is 2. The third-order valence-corrected chi connectivity index (χ3v) is 5.48. The molecule has 0 amide bonds. The summed E-state index contributed by atoms with van der Waals surface area (Å²) < 4.78 is 56.3. The van der Waals surface area contributed by atoms with E-state index >= 15 is 0 Å². The predicted octanol–water partition coefficient (Wildman–Crippen LogP) is 3.45. The van der Waals surface area contributed by atoms with Gasteiger partial charge < -0.3 is 24.4 Å². The van der Waals surface area contributed by atoms with Crippen molar-refractivity contribution < 1.29 is 27.4 Å². The van der Waals surface area contributed by atoms with Crippen LogP contribution in [0.4, 0.5) is 24.9 Å². The van der Waals surface area contributed by atoms with Crippen LogP contribution in [0.15, 0.2) is 24.3 Å². The minimum Gasteiger partial charge on any atom is -0.454 e. The maximum Gasteiger partial charge on any atom is 0.433 e. The summed E-state index contributed by atoms with van der Waals surface area (Å²) in [5, 5.41) is 3.05. The van der Waals surface area contributed by atoms with Crippen molar-refractivity contribution in [3.63, 3.8) is 0 Å². The van der Waals surface area contributed by atoms with Crippen LogP contribution in [0.5, 0.6) is 11.5 Å². The zero-order chi connectivity index (χ0) is 21.4. The zero-order valence-electron chi connectivity index (χ0n) is 16.8. The molecule has 4 rings (SSSR count). The number of benzene rings is 1. The molecule has 1 saturated heterocycles. The van der Waals surface area contributed by atoms with Crippen molar-refractivity contribution in [1.29, 1.82) is 0 Å². The Balaban J connectivity index is 1.63. The molecule has 0 atom stereocenters. The monoisotopic (exact) mass is 424 g/mol. The molecule has 7 nitrogen and oxygen atoms in total. The number of rotatable bonds is 5. The Morgan fingerprint density at radius 3 is 2.50 bits per heavy atom. The van der Waals surface area contributed by atoms with Crippen molar-refractivity contribution in [3.8, 4) is 11.5 Å². The number of ether oxygens (including phenoxy) is 3. The fourth-order valence-electron chi connectivity index (χ4n) is 3.69. The number of halogens is 3. The third kappa shape index (κ3) is 4.09. The van der Waals surface area contributed by atoms with Gasteiger partial charge in [0.15, 0.2) is 17.2 Å². The van der Waals surface area contributed by atoms with Gasteiger partial charge in [-0.3, -0.25) is 0 Å². The van der Waals surface area contributed by atoms with Crippen molar-refractivity contribution in [3.05, 3.63) is 35.5 Å². The van der Waals surface area contributed by atoms with E-state index in [2.05, 4.69) is 15.3 Å². The number of hydrogen-bond acceptors (Lipinski definition) is 7. The van der Waals surface area contributed by atoms with E-state index in [-0.39, 0.29) is 24.0 Å². The second kappa shape index (κ2) is 7.82. The van der Waals surface area contributed by atoms with Crippen molar-refractivity contribution in [2.75, 3.05) is 50.9 Å². The normalized spacial score (nSPS) is 17.6. The van der Waals surface area contributed by atoms with Crippen LogP contribution in [0.3, 0.4) is 0 Å². The van der Waals surface area contributed by atoms with E-state index in [1.54, 1.807) is 14.1 Å². The topological polar surface area (TPSA) is 68.7 Å². The highest BCUT2D eigenvalue weighted by atomic mass is 19.4. The van der Waals surface area contributed by atoms with E-state index in [0.29, 0.717) is 44.1 Å². The summed E-state index contributed by atoms with van der Waals surface area (Å²) >= 11 is 0. The van der Waals surface area contributed by atoms with E-state index in [1.807, 2.05) is 18.2 Å². The summed E-state index contributed by atoms with van der Waals surface area (Å²) in [6, 6.07) is 6.71. The van der Waals surface area contributed by atoms with Gasteiger partial charge in [-0.05, 0) is 30.5 Å². The van der Waals surface area contributed by atoms with E-state index in [4.69, 9.17) is 14.2 Å². The van der Waals surface area contributed by atoms with Gasteiger partial charge in [-0.2, -0.15) is 18.2 Å². The van der Waals surface area contributed by atoms with Crippen LogP contribution in [0.1, 0.15) is 24.1 Å². The predicted molar refractivity (Wildman–Crippen MR) is 104 cm³/mol. The molecule has 2 aliphatic rings. The van der Waals surface area contributed by atoms with Crippen LogP contribution >= 0.6 is 0 Å². The SMILES string of the molecule is CN(C)c1cc(C(F)(F)F)nc(NCC2(c3ccc4c(c3)OCO4)CCOCC2)n1. The molecule has 3 heterocycles. The molecule has 162 valence electrons. The van der Waals surface area contributed by atoms with Crippen LogP contribution in [0.25, 0.3) is 0 Å². The Bertz CT molecular complexity index is 915. The molecule has 1 N–H and O–H groups in total. The second-order valence-electron chi connectivity index (χ2n) is 7.64. The van der Waals surface area contributed by atoms with E-state index < -0.39 is 11.9 Å². The molecule has 0 radical (unpaired) electrons. The second-order valence-corrected chi connectivity index (χ2v) is 7.64. The van der Waals surface area contributed by atoms with Crippen molar-refractivity contribution >= 4 is 11.8 Å². The van der Waals surface area contributed by atoms with Gasteiger partial charge in [-0.1, -0.05) is 6.07 Å². The molecule has 1 aromatic carbocycles. The lowest BCUT2D eigenvalue weighted by atomic mass is 9.74. The summed E-state index contributed by atoms with van der Waals surface area (Å²) in [5.74, 6) is 1.48. The van der Waals surface area contributed by atoms with Crippen molar-refractivity contribution in [2.45, 2.75) is 24.4 Å². The van der Waals surface area contributed by atoms with Gasteiger partial charge in [0.2, 0.25) is 12.7 Å². The van der Waals surface area contributed by atoms with E-state index in [1.165, 1.54) is 4.90 Å². The number of nitrogens with one attached hydrogen (secondary N) is 1. The highest BCUT2D eigenvalue weighted by molar-refractivity contribution is 5.48. The van der Waals surface area contributed by atoms with Crippen molar-refractivity contribution in [2.24, 2.45) is 0 Å². The molecular weight excluding hydrogens is 401 g/mol. The Labute approximate surface area is 172 Å². The molecular formula is C20H23F3N4O3. The minimum atomic E-state index is -4.56. The lowest BCUT2D eigenvalue weighted by molar-refractivity contribution is -0.141. The molecule has 2 aromatic rings. The fourth-order valence-corrected chi connectivity index (χ4v) is 3.69. The van der Waals surface area contributed by atoms with Gasteiger partial charge in [-0.25, -0.2) is 4.98 Å². The summed E-state index contributed by atoms with van der Waals surface area (Å²) in [6.45, 7) is 1.66. The molecule has 10 heteroatoms. The third-order valence-electron chi connectivity index (χ3n) is 5.48. The Hall–Kier alpha value is -2.75. The maximum atomic E-state index is 13.3. The number of anilines is 2.